The summed E-state index contributed by atoms with van der Waals surface area (Å²) < 4.78 is 23.6. The van der Waals surface area contributed by atoms with Crippen LogP contribution in [0.3, 0.4) is 0 Å². The molecule has 1 aromatic carbocycles. The predicted molar refractivity (Wildman–Crippen MR) is 66.4 cm³/mol. The minimum absolute atomic E-state index is 0.00136. The first-order valence-corrected chi connectivity index (χ1v) is 6.51. The van der Waals surface area contributed by atoms with E-state index in [4.69, 9.17) is 9.47 Å². The lowest BCUT2D eigenvalue weighted by atomic mass is 10.2. The van der Waals surface area contributed by atoms with E-state index in [1.165, 1.54) is 24.3 Å². The summed E-state index contributed by atoms with van der Waals surface area (Å²) in [5.74, 6) is 0.181. The van der Waals surface area contributed by atoms with Gasteiger partial charge in [0.25, 0.3) is 5.91 Å². The van der Waals surface area contributed by atoms with E-state index in [9.17, 15) is 9.18 Å². The summed E-state index contributed by atoms with van der Waals surface area (Å²) in [4.78, 5) is 14.1. The van der Waals surface area contributed by atoms with Gasteiger partial charge < -0.3 is 14.4 Å². The first-order valence-electron chi connectivity index (χ1n) is 6.51. The van der Waals surface area contributed by atoms with Gasteiger partial charge in [0, 0.05) is 0 Å². The second-order valence-corrected chi connectivity index (χ2v) is 4.97. The molecule has 0 aromatic heterocycles. The number of morpholine rings is 1. The zero-order chi connectivity index (χ0) is 13.2. The Hall–Kier alpha value is -1.62. The number of halogens is 1. The van der Waals surface area contributed by atoms with Crippen molar-refractivity contribution in [2.24, 2.45) is 0 Å². The summed E-state index contributed by atoms with van der Waals surface area (Å²) in [6.07, 6.45) is 2.01. The molecule has 2 fully saturated rings. The molecule has 2 heterocycles. The van der Waals surface area contributed by atoms with Crippen LogP contribution in [-0.2, 0) is 9.53 Å². The maximum atomic E-state index is 12.7. The van der Waals surface area contributed by atoms with Crippen molar-refractivity contribution in [3.05, 3.63) is 30.1 Å². The normalized spacial score (nSPS) is 25.4. The van der Waals surface area contributed by atoms with E-state index in [1.807, 2.05) is 4.90 Å². The number of amides is 1. The molecular weight excluding hydrogens is 249 g/mol. The van der Waals surface area contributed by atoms with Gasteiger partial charge in [0.1, 0.15) is 11.6 Å². The molecule has 19 heavy (non-hydrogen) atoms. The average Bonchev–Trinajstić information content (AvgIpc) is 2.67. The standard InChI is InChI=1S/C14H16FNO3/c15-10-1-5-13(6-2-10)19-9-14(17)16-11-3-4-12(16)8-18-7-11/h1-2,5-6,11-12H,3-4,7-9H2. The lowest BCUT2D eigenvalue weighted by Crippen LogP contribution is -2.50. The molecular formula is C14H16FNO3. The summed E-state index contributed by atoms with van der Waals surface area (Å²) in [7, 11) is 0. The van der Waals surface area contributed by atoms with Crippen LogP contribution in [0.4, 0.5) is 4.39 Å². The third-order valence-electron chi connectivity index (χ3n) is 3.70. The van der Waals surface area contributed by atoms with Crippen molar-refractivity contribution in [1.29, 1.82) is 0 Å². The molecule has 1 aromatic rings. The monoisotopic (exact) mass is 265 g/mol. The van der Waals surface area contributed by atoms with Crippen LogP contribution in [0.5, 0.6) is 5.75 Å². The summed E-state index contributed by atoms with van der Waals surface area (Å²) in [5, 5.41) is 0. The minimum Gasteiger partial charge on any atom is -0.484 e. The Morgan fingerprint density at radius 2 is 1.89 bits per heavy atom. The first-order chi connectivity index (χ1) is 9.24. The fourth-order valence-electron chi connectivity index (χ4n) is 2.79. The molecule has 2 unspecified atom stereocenters. The van der Waals surface area contributed by atoms with E-state index >= 15 is 0 Å². The molecule has 1 amide bonds. The molecule has 0 spiro atoms. The molecule has 2 saturated heterocycles. The zero-order valence-corrected chi connectivity index (χ0v) is 10.5. The Morgan fingerprint density at radius 3 is 2.53 bits per heavy atom. The quantitative estimate of drug-likeness (QED) is 0.833. The molecule has 0 saturated carbocycles. The highest BCUT2D eigenvalue weighted by molar-refractivity contribution is 5.79. The molecule has 102 valence electrons. The minimum atomic E-state index is -0.315. The lowest BCUT2D eigenvalue weighted by molar-refractivity contribution is -0.143. The van der Waals surface area contributed by atoms with Gasteiger partial charge in [0.05, 0.1) is 25.3 Å². The van der Waals surface area contributed by atoms with Crippen molar-refractivity contribution >= 4 is 5.91 Å². The van der Waals surface area contributed by atoms with E-state index in [-0.39, 0.29) is 30.4 Å². The molecule has 0 aliphatic carbocycles. The van der Waals surface area contributed by atoms with Crippen molar-refractivity contribution < 1.29 is 18.7 Å². The number of rotatable bonds is 3. The number of fused-ring (bicyclic) bond motifs is 2. The van der Waals surface area contributed by atoms with Crippen molar-refractivity contribution in [3.8, 4) is 5.75 Å². The number of ether oxygens (including phenoxy) is 2. The van der Waals surface area contributed by atoms with Crippen LogP contribution in [-0.4, -0.2) is 42.7 Å². The summed E-state index contributed by atoms with van der Waals surface area (Å²) >= 11 is 0. The van der Waals surface area contributed by atoms with Gasteiger partial charge in [0.2, 0.25) is 0 Å². The van der Waals surface area contributed by atoms with Gasteiger partial charge in [0.15, 0.2) is 6.61 Å². The van der Waals surface area contributed by atoms with E-state index < -0.39 is 0 Å². The molecule has 3 rings (SSSR count). The molecule has 5 heteroatoms. The van der Waals surface area contributed by atoms with Crippen LogP contribution in [0.25, 0.3) is 0 Å². The average molecular weight is 265 g/mol. The van der Waals surface area contributed by atoms with E-state index in [0.717, 1.165) is 12.8 Å². The van der Waals surface area contributed by atoms with Crippen molar-refractivity contribution in [3.63, 3.8) is 0 Å². The Bertz CT molecular complexity index is 446. The number of hydrogen-bond acceptors (Lipinski definition) is 3. The van der Waals surface area contributed by atoms with Crippen LogP contribution in [0.1, 0.15) is 12.8 Å². The Morgan fingerprint density at radius 1 is 1.26 bits per heavy atom. The second-order valence-electron chi connectivity index (χ2n) is 4.97. The van der Waals surface area contributed by atoms with Crippen LogP contribution in [0.15, 0.2) is 24.3 Å². The number of benzene rings is 1. The Balaban J connectivity index is 1.58. The van der Waals surface area contributed by atoms with Gasteiger partial charge in [-0.05, 0) is 37.1 Å². The third-order valence-corrected chi connectivity index (χ3v) is 3.70. The van der Waals surface area contributed by atoms with Crippen LogP contribution >= 0.6 is 0 Å². The van der Waals surface area contributed by atoms with E-state index in [1.54, 1.807) is 0 Å². The highest BCUT2D eigenvalue weighted by Crippen LogP contribution is 2.28. The summed E-state index contributed by atoms with van der Waals surface area (Å²) in [6.45, 7) is 1.25. The maximum Gasteiger partial charge on any atom is 0.261 e. The Kier molecular flexibility index (Phi) is 3.38. The number of hydrogen-bond donors (Lipinski definition) is 0. The lowest BCUT2D eigenvalue weighted by Gasteiger charge is -2.34. The third kappa shape index (κ3) is 2.56. The van der Waals surface area contributed by atoms with Gasteiger partial charge >= 0.3 is 0 Å². The fourth-order valence-corrected chi connectivity index (χ4v) is 2.79. The van der Waals surface area contributed by atoms with Crippen LogP contribution in [0.2, 0.25) is 0 Å². The topological polar surface area (TPSA) is 38.8 Å². The van der Waals surface area contributed by atoms with Gasteiger partial charge in [-0.2, -0.15) is 0 Å². The molecule has 4 nitrogen and oxygen atoms in total. The van der Waals surface area contributed by atoms with Crippen LogP contribution in [0, 0.1) is 5.82 Å². The molecule has 0 N–H and O–H groups in total. The van der Waals surface area contributed by atoms with Gasteiger partial charge in [-0.15, -0.1) is 0 Å². The van der Waals surface area contributed by atoms with Crippen LogP contribution < -0.4 is 4.74 Å². The molecule has 0 radical (unpaired) electrons. The summed E-state index contributed by atoms with van der Waals surface area (Å²) in [5.41, 5.74) is 0. The predicted octanol–water partition coefficient (Wildman–Crippen LogP) is 1.59. The molecule has 2 aliphatic heterocycles. The van der Waals surface area contributed by atoms with Gasteiger partial charge in [-0.3, -0.25) is 4.79 Å². The maximum absolute atomic E-state index is 12.7. The Labute approximate surface area is 111 Å². The smallest absolute Gasteiger partial charge is 0.261 e. The largest absolute Gasteiger partial charge is 0.484 e. The first kappa shape index (κ1) is 12.4. The van der Waals surface area contributed by atoms with E-state index in [0.29, 0.717) is 19.0 Å². The van der Waals surface area contributed by atoms with Gasteiger partial charge in [-0.25, -0.2) is 4.39 Å². The van der Waals surface area contributed by atoms with Crippen molar-refractivity contribution in [1.82, 2.24) is 4.90 Å². The highest BCUT2D eigenvalue weighted by atomic mass is 19.1. The fraction of sp³-hybridized carbons (Fsp3) is 0.500. The van der Waals surface area contributed by atoms with Gasteiger partial charge in [-0.1, -0.05) is 0 Å². The van der Waals surface area contributed by atoms with E-state index in [2.05, 4.69) is 0 Å². The SMILES string of the molecule is O=C(COc1ccc(F)cc1)N1C2CCC1COC2. The molecule has 2 bridgehead atoms. The van der Waals surface area contributed by atoms with Crippen molar-refractivity contribution in [2.75, 3.05) is 19.8 Å². The number of carbonyl (C=O) groups excluding carboxylic acids is 1. The van der Waals surface area contributed by atoms with Crippen molar-refractivity contribution in [2.45, 2.75) is 24.9 Å². The molecule has 2 aliphatic rings. The molecule has 2 atom stereocenters. The highest BCUT2D eigenvalue weighted by Gasteiger charge is 2.40. The summed E-state index contributed by atoms with van der Waals surface area (Å²) in [6, 6.07) is 6.08. The number of nitrogens with zero attached hydrogens (tertiary/aromatic N) is 1. The number of carbonyl (C=O) groups is 1. The second kappa shape index (κ2) is 5.17. The zero-order valence-electron chi connectivity index (χ0n) is 10.5.